The minimum atomic E-state index is -0.401. The lowest BCUT2D eigenvalue weighted by Gasteiger charge is -2.33. The predicted octanol–water partition coefficient (Wildman–Crippen LogP) is 4.84. The van der Waals surface area contributed by atoms with Crippen molar-refractivity contribution in [2.24, 2.45) is 11.8 Å². The van der Waals surface area contributed by atoms with Crippen LogP contribution in [0.15, 0.2) is 48.5 Å². The highest BCUT2D eigenvalue weighted by atomic mass is 19.1. The molecule has 1 saturated heterocycles. The second-order valence-corrected chi connectivity index (χ2v) is 9.28. The van der Waals surface area contributed by atoms with E-state index < -0.39 is 4.92 Å². The topological polar surface area (TPSA) is 66.7 Å². The molecule has 1 amide bonds. The largest absolute Gasteiger partial charge is 0.340 e. The Morgan fingerprint density at radius 2 is 1.84 bits per heavy atom. The second-order valence-electron chi connectivity index (χ2n) is 9.28. The third kappa shape index (κ3) is 5.71. The molecule has 7 heteroatoms. The molecule has 1 aliphatic rings. The van der Waals surface area contributed by atoms with Crippen molar-refractivity contribution in [2.75, 3.05) is 19.6 Å². The number of amides is 1. The summed E-state index contributed by atoms with van der Waals surface area (Å²) in [5.74, 6) is 0.0633. The van der Waals surface area contributed by atoms with Crippen LogP contribution in [-0.4, -0.2) is 46.3 Å². The summed E-state index contributed by atoms with van der Waals surface area (Å²) < 4.78 is 14.0. The first-order valence-electron chi connectivity index (χ1n) is 11.2. The Morgan fingerprint density at radius 3 is 2.41 bits per heavy atom. The minimum Gasteiger partial charge on any atom is -0.340 e. The number of carbonyl (C=O) groups excluding carboxylic acids is 1. The molecule has 3 rings (SSSR count). The van der Waals surface area contributed by atoms with E-state index in [0.717, 1.165) is 24.2 Å². The molecule has 1 fully saturated rings. The zero-order valence-corrected chi connectivity index (χ0v) is 19.2. The Bertz CT molecular complexity index is 946. The van der Waals surface area contributed by atoms with E-state index in [4.69, 9.17) is 0 Å². The molecule has 0 bridgehead atoms. The van der Waals surface area contributed by atoms with Gasteiger partial charge in [0, 0.05) is 56.2 Å². The zero-order valence-electron chi connectivity index (χ0n) is 19.2. The maximum atomic E-state index is 14.0. The molecular weight excluding hydrogens is 409 g/mol. The number of nitro groups is 1. The van der Waals surface area contributed by atoms with E-state index in [0.29, 0.717) is 13.1 Å². The minimum absolute atomic E-state index is 0.0745. The zero-order chi connectivity index (χ0) is 23.4. The van der Waals surface area contributed by atoms with Gasteiger partial charge in [-0.25, -0.2) is 4.39 Å². The summed E-state index contributed by atoms with van der Waals surface area (Å²) >= 11 is 0. The van der Waals surface area contributed by atoms with Gasteiger partial charge in [0.2, 0.25) is 5.91 Å². The highest BCUT2D eigenvalue weighted by Gasteiger charge is 2.36. The van der Waals surface area contributed by atoms with Gasteiger partial charge in [-0.05, 0) is 43.0 Å². The van der Waals surface area contributed by atoms with Crippen LogP contribution in [0.2, 0.25) is 0 Å². The lowest BCUT2D eigenvalue weighted by molar-refractivity contribution is -0.384. The average molecular weight is 442 g/mol. The van der Waals surface area contributed by atoms with Crippen molar-refractivity contribution in [1.82, 2.24) is 9.80 Å². The van der Waals surface area contributed by atoms with Crippen LogP contribution in [0, 0.1) is 27.8 Å². The predicted molar refractivity (Wildman–Crippen MR) is 123 cm³/mol. The molecular formula is C25H32FN3O3. The number of nitrogens with zero attached hydrogens (tertiary/aromatic N) is 3. The van der Waals surface area contributed by atoms with Crippen LogP contribution in [0.3, 0.4) is 0 Å². The van der Waals surface area contributed by atoms with Gasteiger partial charge in [-0.15, -0.1) is 0 Å². The molecule has 32 heavy (non-hydrogen) atoms. The molecule has 2 aromatic carbocycles. The molecule has 0 saturated carbocycles. The van der Waals surface area contributed by atoms with Crippen LogP contribution in [0.1, 0.15) is 44.7 Å². The maximum Gasteiger partial charge on any atom is 0.269 e. The maximum absolute atomic E-state index is 14.0. The molecule has 0 radical (unpaired) electrons. The first-order valence-corrected chi connectivity index (χ1v) is 11.2. The third-order valence-electron chi connectivity index (χ3n) is 6.18. The van der Waals surface area contributed by atoms with Crippen molar-refractivity contribution in [3.8, 4) is 0 Å². The molecule has 0 aromatic heterocycles. The van der Waals surface area contributed by atoms with Crippen LogP contribution in [0.25, 0.3) is 0 Å². The molecule has 0 aliphatic carbocycles. The number of benzene rings is 2. The summed E-state index contributed by atoms with van der Waals surface area (Å²) in [5.41, 5.74) is 2.01. The SMILES string of the molecule is CC(C)C(=O)N(CC1CN(Cc2ccc([N+](=O)[O-])cc2)CC1c1cccc(F)c1)C(C)C. The summed E-state index contributed by atoms with van der Waals surface area (Å²) in [6, 6.07) is 13.4. The third-order valence-corrected chi connectivity index (χ3v) is 6.18. The lowest BCUT2D eigenvalue weighted by atomic mass is 9.88. The normalized spacial score (nSPS) is 19.0. The number of non-ortho nitro benzene ring substituents is 1. The number of halogens is 1. The summed E-state index contributed by atoms with van der Waals surface area (Å²) in [6.07, 6.45) is 0. The smallest absolute Gasteiger partial charge is 0.269 e. The van der Waals surface area contributed by atoms with Gasteiger partial charge < -0.3 is 4.90 Å². The fourth-order valence-corrected chi connectivity index (χ4v) is 4.51. The number of rotatable bonds is 8. The Kier molecular flexibility index (Phi) is 7.61. The van der Waals surface area contributed by atoms with Crippen LogP contribution < -0.4 is 0 Å². The van der Waals surface area contributed by atoms with Crippen LogP contribution in [-0.2, 0) is 11.3 Å². The molecule has 172 valence electrons. The van der Waals surface area contributed by atoms with Crippen LogP contribution in [0.5, 0.6) is 0 Å². The Labute approximate surface area is 189 Å². The summed E-state index contributed by atoms with van der Waals surface area (Å²) in [7, 11) is 0. The first-order chi connectivity index (χ1) is 15.2. The van der Waals surface area contributed by atoms with E-state index in [9.17, 15) is 19.3 Å². The monoisotopic (exact) mass is 441 g/mol. The lowest BCUT2D eigenvalue weighted by Crippen LogP contribution is -2.43. The van der Waals surface area contributed by atoms with Crippen molar-refractivity contribution in [3.05, 3.63) is 75.6 Å². The quantitative estimate of drug-likeness (QED) is 0.434. The Balaban J connectivity index is 1.82. The van der Waals surface area contributed by atoms with Gasteiger partial charge in [0.05, 0.1) is 4.92 Å². The van der Waals surface area contributed by atoms with Crippen molar-refractivity contribution in [3.63, 3.8) is 0 Å². The summed E-state index contributed by atoms with van der Waals surface area (Å²) in [5, 5.41) is 10.9. The summed E-state index contributed by atoms with van der Waals surface area (Å²) in [4.78, 5) is 27.6. The van der Waals surface area contributed by atoms with Gasteiger partial charge in [-0.3, -0.25) is 19.8 Å². The standard InChI is InChI=1S/C25H32FN3O3/c1-17(2)25(30)28(18(3)4)15-21-14-27(13-19-8-10-23(11-9-19)29(31)32)16-24(21)20-6-5-7-22(26)12-20/h5-12,17-18,21,24H,13-16H2,1-4H3. The van der Waals surface area contributed by atoms with Crippen LogP contribution in [0.4, 0.5) is 10.1 Å². The second kappa shape index (κ2) is 10.2. The molecule has 0 spiro atoms. The average Bonchev–Trinajstić information content (AvgIpc) is 3.14. The molecule has 2 aromatic rings. The van der Waals surface area contributed by atoms with E-state index >= 15 is 0 Å². The van der Waals surface area contributed by atoms with Crippen molar-refractivity contribution >= 4 is 11.6 Å². The molecule has 1 heterocycles. The molecule has 6 nitrogen and oxygen atoms in total. The highest BCUT2D eigenvalue weighted by Crippen LogP contribution is 2.35. The van der Waals surface area contributed by atoms with E-state index in [2.05, 4.69) is 4.90 Å². The van der Waals surface area contributed by atoms with E-state index in [1.54, 1.807) is 24.3 Å². The summed E-state index contributed by atoms with van der Waals surface area (Å²) in [6.45, 7) is 10.7. The van der Waals surface area contributed by atoms with Crippen molar-refractivity contribution < 1.29 is 14.1 Å². The fourth-order valence-electron chi connectivity index (χ4n) is 4.51. The number of carbonyl (C=O) groups is 1. The van der Waals surface area contributed by atoms with E-state index in [-0.39, 0.29) is 41.2 Å². The number of hydrogen-bond donors (Lipinski definition) is 0. The molecule has 2 unspecified atom stereocenters. The molecule has 2 atom stereocenters. The van der Waals surface area contributed by atoms with E-state index in [1.807, 2.05) is 38.7 Å². The number of likely N-dealkylation sites (tertiary alicyclic amines) is 1. The van der Waals surface area contributed by atoms with Crippen molar-refractivity contribution in [1.29, 1.82) is 0 Å². The van der Waals surface area contributed by atoms with Gasteiger partial charge in [-0.1, -0.05) is 38.1 Å². The van der Waals surface area contributed by atoms with Gasteiger partial charge in [-0.2, -0.15) is 0 Å². The highest BCUT2D eigenvalue weighted by molar-refractivity contribution is 5.78. The first kappa shape index (κ1) is 23.9. The Morgan fingerprint density at radius 1 is 1.16 bits per heavy atom. The molecule has 0 N–H and O–H groups in total. The van der Waals surface area contributed by atoms with Gasteiger partial charge in [0.1, 0.15) is 5.82 Å². The van der Waals surface area contributed by atoms with E-state index in [1.165, 1.54) is 18.2 Å². The Hall–Kier alpha value is -2.80. The fraction of sp³-hybridized carbons (Fsp3) is 0.480. The van der Waals surface area contributed by atoms with Gasteiger partial charge in [0.25, 0.3) is 5.69 Å². The molecule has 1 aliphatic heterocycles. The van der Waals surface area contributed by atoms with Gasteiger partial charge >= 0.3 is 0 Å². The number of hydrogen-bond acceptors (Lipinski definition) is 4. The number of nitro benzene ring substituents is 1. The van der Waals surface area contributed by atoms with Gasteiger partial charge in [0.15, 0.2) is 0 Å². The van der Waals surface area contributed by atoms with Crippen LogP contribution >= 0.6 is 0 Å². The van der Waals surface area contributed by atoms with Crippen molar-refractivity contribution in [2.45, 2.75) is 46.2 Å².